The number of hydrogen-bond donors (Lipinski definition) is 0. The van der Waals surface area contributed by atoms with Gasteiger partial charge in [-0.3, -0.25) is 14.4 Å². The highest BCUT2D eigenvalue weighted by Crippen LogP contribution is 2.21. The van der Waals surface area contributed by atoms with Gasteiger partial charge in [0.15, 0.2) is 5.65 Å². The van der Waals surface area contributed by atoms with Crippen LogP contribution in [0.2, 0.25) is 0 Å². The third kappa shape index (κ3) is 4.86. The first-order chi connectivity index (χ1) is 14.7. The van der Waals surface area contributed by atoms with Crippen molar-refractivity contribution in [3.63, 3.8) is 0 Å². The van der Waals surface area contributed by atoms with Crippen molar-refractivity contribution in [1.82, 2.24) is 24.6 Å². The van der Waals surface area contributed by atoms with Gasteiger partial charge in [0, 0.05) is 31.6 Å². The van der Waals surface area contributed by atoms with Crippen molar-refractivity contribution in [3.05, 3.63) is 23.5 Å². The summed E-state index contributed by atoms with van der Waals surface area (Å²) >= 11 is 0. The van der Waals surface area contributed by atoms with E-state index in [9.17, 15) is 14.4 Å². The Morgan fingerprint density at radius 1 is 1.32 bits per heavy atom. The van der Waals surface area contributed by atoms with Crippen LogP contribution < -0.4 is 0 Å². The average Bonchev–Trinajstić information content (AvgIpc) is 3.15. The maximum absolute atomic E-state index is 13.0. The van der Waals surface area contributed by atoms with E-state index < -0.39 is 0 Å². The SMILES string of the molecule is CCOC(=O)C1CCCN(C(=O)CN(C)C(=O)c2cc3cnn(C(C)C)c3nc2C)C1. The minimum absolute atomic E-state index is 0.0584. The van der Waals surface area contributed by atoms with Gasteiger partial charge < -0.3 is 14.5 Å². The number of fused-ring (bicyclic) bond motifs is 1. The number of likely N-dealkylation sites (tertiary alicyclic amines) is 1. The number of amides is 2. The monoisotopic (exact) mass is 429 g/mol. The van der Waals surface area contributed by atoms with Crippen LogP contribution in [0.25, 0.3) is 11.0 Å². The van der Waals surface area contributed by atoms with E-state index in [2.05, 4.69) is 10.1 Å². The third-order valence-corrected chi connectivity index (χ3v) is 5.59. The number of aromatic nitrogens is 3. The first-order valence-corrected chi connectivity index (χ1v) is 10.8. The van der Waals surface area contributed by atoms with Crippen LogP contribution in [0.15, 0.2) is 12.3 Å². The second-order valence-electron chi connectivity index (χ2n) is 8.31. The Morgan fingerprint density at radius 2 is 2.06 bits per heavy atom. The number of aryl methyl sites for hydroxylation is 1. The Bertz CT molecular complexity index is 984. The Morgan fingerprint density at radius 3 is 2.74 bits per heavy atom. The van der Waals surface area contributed by atoms with Crippen LogP contribution in [0.4, 0.5) is 0 Å². The molecular weight excluding hydrogens is 398 g/mol. The molecule has 1 atom stereocenters. The summed E-state index contributed by atoms with van der Waals surface area (Å²) in [6.45, 7) is 8.79. The molecule has 1 aliphatic heterocycles. The lowest BCUT2D eigenvalue weighted by molar-refractivity contribution is -0.151. The predicted octanol–water partition coefficient (Wildman–Crippen LogP) is 2.19. The molecule has 2 aromatic heterocycles. The average molecular weight is 430 g/mol. The molecule has 0 aliphatic carbocycles. The Hall–Kier alpha value is -2.97. The van der Waals surface area contributed by atoms with Crippen LogP contribution in [0.1, 0.15) is 55.7 Å². The maximum atomic E-state index is 13.0. The van der Waals surface area contributed by atoms with Gasteiger partial charge in [0.05, 0.1) is 36.5 Å². The fourth-order valence-electron chi connectivity index (χ4n) is 3.90. The summed E-state index contributed by atoms with van der Waals surface area (Å²) in [5, 5.41) is 5.14. The second-order valence-corrected chi connectivity index (χ2v) is 8.31. The van der Waals surface area contributed by atoms with E-state index in [1.807, 2.05) is 18.5 Å². The van der Waals surface area contributed by atoms with Crippen LogP contribution >= 0.6 is 0 Å². The lowest BCUT2D eigenvalue weighted by Gasteiger charge is -2.32. The number of hydrogen-bond acceptors (Lipinski definition) is 6. The fraction of sp³-hybridized carbons (Fsp3) is 0.591. The fourth-order valence-corrected chi connectivity index (χ4v) is 3.90. The van der Waals surface area contributed by atoms with Gasteiger partial charge in [-0.15, -0.1) is 0 Å². The molecule has 31 heavy (non-hydrogen) atoms. The molecule has 9 heteroatoms. The normalized spacial score (nSPS) is 16.6. The Labute approximate surface area is 182 Å². The number of likely N-dealkylation sites (N-methyl/N-ethyl adjacent to an activating group) is 1. The third-order valence-electron chi connectivity index (χ3n) is 5.59. The zero-order valence-corrected chi connectivity index (χ0v) is 18.9. The number of carbonyl (C=O) groups is 3. The molecule has 0 aromatic carbocycles. The highest BCUT2D eigenvalue weighted by molar-refractivity contribution is 5.99. The van der Waals surface area contributed by atoms with Crippen LogP contribution in [0.5, 0.6) is 0 Å². The summed E-state index contributed by atoms with van der Waals surface area (Å²) in [6, 6.07) is 1.94. The number of ether oxygens (including phenoxy) is 1. The zero-order chi connectivity index (χ0) is 22.7. The van der Waals surface area contributed by atoms with Gasteiger partial charge in [-0.2, -0.15) is 5.10 Å². The lowest BCUT2D eigenvalue weighted by atomic mass is 9.98. The van der Waals surface area contributed by atoms with Crippen molar-refractivity contribution in [1.29, 1.82) is 0 Å². The Balaban J connectivity index is 1.69. The molecule has 0 saturated carbocycles. The van der Waals surface area contributed by atoms with E-state index in [4.69, 9.17) is 4.74 Å². The molecule has 0 bridgehead atoms. The highest BCUT2D eigenvalue weighted by Gasteiger charge is 2.30. The van der Waals surface area contributed by atoms with Crippen LogP contribution in [0, 0.1) is 12.8 Å². The van der Waals surface area contributed by atoms with Crippen LogP contribution in [0.3, 0.4) is 0 Å². The molecule has 1 unspecified atom stereocenters. The number of esters is 1. The molecule has 0 radical (unpaired) electrons. The molecule has 1 aliphatic rings. The van der Waals surface area contributed by atoms with Gasteiger partial charge in [0.25, 0.3) is 5.91 Å². The van der Waals surface area contributed by atoms with Gasteiger partial charge in [0.1, 0.15) is 0 Å². The second kappa shape index (κ2) is 9.45. The molecule has 1 saturated heterocycles. The van der Waals surface area contributed by atoms with Gasteiger partial charge in [-0.25, -0.2) is 9.67 Å². The van der Waals surface area contributed by atoms with Crippen molar-refractivity contribution >= 4 is 28.8 Å². The van der Waals surface area contributed by atoms with Gasteiger partial charge in [-0.05, 0) is 46.6 Å². The zero-order valence-electron chi connectivity index (χ0n) is 18.9. The first kappa shape index (κ1) is 22.7. The number of nitrogens with zero attached hydrogens (tertiary/aromatic N) is 5. The van der Waals surface area contributed by atoms with E-state index in [1.165, 1.54) is 4.90 Å². The van der Waals surface area contributed by atoms with Crippen molar-refractivity contribution in [2.75, 3.05) is 33.3 Å². The van der Waals surface area contributed by atoms with E-state index in [0.717, 1.165) is 17.5 Å². The standard InChI is InChI=1S/C22H31N5O4/c1-6-31-22(30)16-8-7-9-26(12-16)19(28)13-25(5)21(29)18-10-17-11-23-27(14(2)3)20(17)24-15(18)4/h10-11,14,16H,6-9,12-13H2,1-5H3. The smallest absolute Gasteiger partial charge is 0.310 e. The minimum Gasteiger partial charge on any atom is -0.466 e. The van der Waals surface area contributed by atoms with Crippen LogP contribution in [-0.2, 0) is 14.3 Å². The summed E-state index contributed by atoms with van der Waals surface area (Å²) in [7, 11) is 1.61. The number of pyridine rings is 1. The van der Waals surface area contributed by atoms with Crippen LogP contribution in [-0.4, -0.2) is 75.6 Å². The molecule has 168 valence electrons. The molecule has 2 aromatic rings. The molecule has 3 heterocycles. The molecule has 0 N–H and O–H groups in total. The van der Waals surface area contributed by atoms with E-state index >= 15 is 0 Å². The van der Waals surface area contributed by atoms with Gasteiger partial charge >= 0.3 is 5.97 Å². The number of piperidine rings is 1. The summed E-state index contributed by atoms with van der Waals surface area (Å²) in [5.74, 6) is -1.01. The van der Waals surface area contributed by atoms with Crippen molar-refractivity contribution < 1.29 is 19.1 Å². The number of rotatable bonds is 6. The van der Waals surface area contributed by atoms with Crippen molar-refractivity contribution in [2.24, 2.45) is 5.92 Å². The minimum atomic E-state index is -0.301. The molecule has 1 fully saturated rings. The summed E-state index contributed by atoms with van der Waals surface area (Å²) in [6.07, 6.45) is 3.16. The lowest BCUT2D eigenvalue weighted by Crippen LogP contribution is -2.47. The van der Waals surface area contributed by atoms with E-state index in [0.29, 0.717) is 37.4 Å². The van der Waals surface area contributed by atoms with Gasteiger partial charge in [0.2, 0.25) is 5.91 Å². The molecule has 0 spiro atoms. The Kier molecular flexibility index (Phi) is 6.92. The quantitative estimate of drug-likeness (QED) is 0.653. The predicted molar refractivity (Wildman–Crippen MR) is 116 cm³/mol. The van der Waals surface area contributed by atoms with Crippen molar-refractivity contribution in [3.8, 4) is 0 Å². The van der Waals surface area contributed by atoms with Crippen molar-refractivity contribution in [2.45, 2.75) is 46.6 Å². The summed E-state index contributed by atoms with van der Waals surface area (Å²) in [5.41, 5.74) is 1.79. The molecule has 9 nitrogen and oxygen atoms in total. The maximum Gasteiger partial charge on any atom is 0.310 e. The molecular formula is C22H31N5O4. The first-order valence-electron chi connectivity index (χ1n) is 10.8. The van der Waals surface area contributed by atoms with Gasteiger partial charge in [-0.1, -0.05) is 0 Å². The number of carbonyl (C=O) groups excluding carboxylic acids is 3. The summed E-state index contributed by atoms with van der Waals surface area (Å²) < 4.78 is 6.92. The molecule has 3 rings (SSSR count). The van der Waals surface area contributed by atoms with E-state index in [1.54, 1.807) is 38.1 Å². The topological polar surface area (TPSA) is 97.6 Å². The summed E-state index contributed by atoms with van der Waals surface area (Å²) in [4.78, 5) is 45.5. The largest absolute Gasteiger partial charge is 0.466 e. The van der Waals surface area contributed by atoms with E-state index in [-0.39, 0.29) is 36.3 Å². The highest BCUT2D eigenvalue weighted by atomic mass is 16.5. The molecule has 2 amide bonds.